The summed E-state index contributed by atoms with van der Waals surface area (Å²) in [6, 6.07) is 13.3. The molecule has 0 atom stereocenters. The summed E-state index contributed by atoms with van der Waals surface area (Å²) in [5, 5.41) is 0. The maximum absolute atomic E-state index is 13.4. The van der Waals surface area contributed by atoms with Gasteiger partial charge in [0, 0.05) is 31.7 Å². The molecule has 2 aromatic rings. The Labute approximate surface area is 199 Å². The van der Waals surface area contributed by atoms with Gasteiger partial charge >= 0.3 is 0 Å². The summed E-state index contributed by atoms with van der Waals surface area (Å²) in [5.41, 5.74) is 2.23. The van der Waals surface area contributed by atoms with E-state index in [2.05, 4.69) is 12.1 Å². The van der Waals surface area contributed by atoms with E-state index in [0.717, 1.165) is 12.0 Å². The van der Waals surface area contributed by atoms with Crippen molar-refractivity contribution < 1.29 is 23.9 Å². The summed E-state index contributed by atoms with van der Waals surface area (Å²) >= 11 is 0. The van der Waals surface area contributed by atoms with Gasteiger partial charge in [0.1, 0.15) is 12.3 Å². The van der Waals surface area contributed by atoms with Crippen LogP contribution in [0.4, 0.5) is 5.69 Å². The standard InChI is InChI=1S/C26H29N3O5/c1-26(2)25(32)29(17-23(30)27-11-13-33-14-12-27)21-15-19(7-8-22(21)34-26)24(31)28-10-9-18-5-3-4-6-20(18)16-28/h3-8,15H,9-14,16-17H2,1-2H3. The van der Waals surface area contributed by atoms with Gasteiger partial charge in [-0.1, -0.05) is 24.3 Å². The van der Waals surface area contributed by atoms with Crippen LogP contribution in [0.3, 0.4) is 0 Å². The predicted molar refractivity (Wildman–Crippen MR) is 126 cm³/mol. The fourth-order valence-corrected chi connectivity index (χ4v) is 4.76. The van der Waals surface area contributed by atoms with E-state index in [4.69, 9.17) is 9.47 Å². The summed E-state index contributed by atoms with van der Waals surface area (Å²) in [5.74, 6) is -0.0725. The topological polar surface area (TPSA) is 79.4 Å². The van der Waals surface area contributed by atoms with Gasteiger partial charge in [-0.25, -0.2) is 0 Å². The van der Waals surface area contributed by atoms with Crippen LogP contribution in [-0.4, -0.2) is 72.5 Å². The molecule has 2 aromatic carbocycles. The third-order valence-corrected chi connectivity index (χ3v) is 6.70. The molecule has 178 valence electrons. The number of benzene rings is 2. The van der Waals surface area contributed by atoms with Gasteiger partial charge in [-0.05, 0) is 49.6 Å². The van der Waals surface area contributed by atoms with Crippen LogP contribution in [0.5, 0.6) is 5.75 Å². The lowest BCUT2D eigenvalue weighted by atomic mass is 9.98. The van der Waals surface area contributed by atoms with Gasteiger partial charge in [-0.15, -0.1) is 0 Å². The second-order valence-corrected chi connectivity index (χ2v) is 9.42. The Morgan fingerprint density at radius 2 is 1.71 bits per heavy atom. The number of morpholine rings is 1. The molecule has 3 aliphatic rings. The first-order valence-corrected chi connectivity index (χ1v) is 11.7. The van der Waals surface area contributed by atoms with Gasteiger partial charge in [-0.3, -0.25) is 19.3 Å². The number of rotatable bonds is 3. The summed E-state index contributed by atoms with van der Waals surface area (Å²) in [6.07, 6.45) is 0.808. The van der Waals surface area contributed by atoms with E-state index in [1.165, 1.54) is 10.5 Å². The molecule has 3 aliphatic heterocycles. The fourth-order valence-electron chi connectivity index (χ4n) is 4.76. The third kappa shape index (κ3) is 4.14. The fraction of sp³-hybridized carbons (Fsp3) is 0.423. The molecule has 1 fully saturated rings. The number of nitrogens with zero attached hydrogens (tertiary/aromatic N) is 3. The van der Waals surface area contributed by atoms with Crippen LogP contribution in [0, 0.1) is 0 Å². The monoisotopic (exact) mass is 463 g/mol. The highest BCUT2D eigenvalue weighted by atomic mass is 16.5. The second-order valence-electron chi connectivity index (χ2n) is 9.42. The van der Waals surface area contributed by atoms with E-state index in [1.54, 1.807) is 36.9 Å². The number of amides is 3. The highest BCUT2D eigenvalue weighted by Gasteiger charge is 2.42. The smallest absolute Gasteiger partial charge is 0.271 e. The minimum Gasteiger partial charge on any atom is -0.476 e. The van der Waals surface area contributed by atoms with E-state index >= 15 is 0 Å². The van der Waals surface area contributed by atoms with Crippen LogP contribution in [0.15, 0.2) is 42.5 Å². The second kappa shape index (κ2) is 8.76. The molecule has 1 saturated heterocycles. The molecule has 0 N–H and O–H groups in total. The van der Waals surface area contributed by atoms with Crippen molar-refractivity contribution in [1.82, 2.24) is 9.80 Å². The number of fused-ring (bicyclic) bond motifs is 2. The minimum absolute atomic E-state index is 0.103. The summed E-state index contributed by atoms with van der Waals surface area (Å²) in [7, 11) is 0. The molecule has 0 saturated carbocycles. The van der Waals surface area contributed by atoms with Gasteiger partial charge in [-0.2, -0.15) is 0 Å². The molecule has 3 amide bonds. The first-order chi connectivity index (χ1) is 16.3. The number of hydrogen-bond donors (Lipinski definition) is 0. The molecule has 3 heterocycles. The van der Waals surface area contributed by atoms with E-state index in [0.29, 0.717) is 56.4 Å². The number of carbonyl (C=O) groups is 3. The Balaban J connectivity index is 1.42. The number of ether oxygens (including phenoxy) is 2. The van der Waals surface area contributed by atoms with Crippen LogP contribution in [0.1, 0.15) is 35.3 Å². The summed E-state index contributed by atoms with van der Waals surface area (Å²) in [6.45, 7) is 6.44. The molecule has 8 nitrogen and oxygen atoms in total. The van der Waals surface area contributed by atoms with Gasteiger partial charge < -0.3 is 19.3 Å². The molecule has 0 aliphatic carbocycles. The van der Waals surface area contributed by atoms with E-state index in [1.807, 2.05) is 17.0 Å². The molecule has 0 spiro atoms. The molecule has 0 unspecified atom stereocenters. The molecule has 5 rings (SSSR count). The van der Waals surface area contributed by atoms with Gasteiger partial charge in [0.2, 0.25) is 5.91 Å². The zero-order valence-electron chi connectivity index (χ0n) is 19.6. The molecule has 0 aromatic heterocycles. The molecule has 8 heteroatoms. The van der Waals surface area contributed by atoms with Crippen molar-refractivity contribution in [3.05, 3.63) is 59.2 Å². The SMILES string of the molecule is CC1(C)Oc2ccc(C(=O)N3CCc4ccccc4C3)cc2N(CC(=O)N2CCOCC2)C1=O. The quantitative estimate of drug-likeness (QED) is 0.698. The van der Waals surface area contributed by atoms with E-state index in [-0.39, 0.29) is 24.3 Å². The van der Waals surface area contributed by atoms with Crippen molar-refractivity contribution in [2.24, 2.45) is 0 Å². The van der Waals surface area contributed by atoms with Crippen molar-refractivity contribution >= 4 is 23.4 Å². The number of anilines is 1. The first-order valence-electron chi connectivity index (χ1n) is 11.7. The van der Waals surface area contributed by atoms with Crippen molar-refractivity contribution in [3.63, 3.8) is 0 Å². The first kappa shape index (κ1) is 22.4. The summed E-state index contributed by atoms with van der Waals surface area (Å²) in [4.78, 5) is 44.6. The third-order valence-electron chi connectivity index (χ3n) is 6.70. The van der Waals surface area contributed by atoms with Crippen LogP contribution in [0.2, 0.25) is 0 Å². The molecule has 0 bridgehead atoms. The van der Waals surface area contributed by atoms with Crippen LogP contribution in [-0.2, 0) is 27.3 Å². The zero-order valence-corrected chi connectivity index (χ0v) is 19.6. The summed E-state index contributed by atoms with van der Waals surface area (Å²) < 4.78 is 11.3. The van der Waals surface area contributed by atoms with Crippen molar-refractivity contribution in [2.45, 2.75) is 32.4 Å². The average Bonchev–Trinajstić information content (AvgIpc) is 2.86. The number of hydrogen-bond acceptors (Lipinski definition) is 5. The van der Waals surface area contributed by atoms with Crippen LogP contribution < -0.4 is 9.64 Å². The van der Waals surface area contributed by atoms with Gasteiger partial charge in [0.15, 0.2) is 5.60 Å². The largest absolute Gasteiger partial charge is 0.476 e. The van der Waals surface area contributed by atoms with Crippen LogP contribution >= 0.6 is 0 Å². The Morgan fingerprint density at radius 3 is 2.47 bits per heavy atom. The Bertz CT molecular complexity index is 1140. The van der Waals surface area contributed by atoms with Crippen molar-refractivity contribution in [1.29, 1.82) is 0 Å². The lowest BCUT2D eigenvalue weighted by Gasteiger charge is -2.39. The zero-order chi connectivity index (χ0) is 23.9. The molecule has 0 radical (unpaired) electrons. The Hall–Kier alpha value is -3.39. The van der Waals surface area contributed by atoms with E-state index in [9.17, 15) is 14.4 Å². The highest BCUT2D eigenvalue weighted by Crippen LogP contribution is 2.39. The Morgan fingerprint density at radius 1 is 0.971 bits per heavy atom. The van der Waals surface area contributed by atoms with Crippen molar-refractivity contribution in [3.8, 4) is 5.75 Å². The maximum Gasteiger partial charge on any atom is 0.271 e. The lowest BCUT2D eigenvalue weighted by Crippen LogP contribution is -2.56. The maximum atomic E-state index is 13.4. The molecular formula is C26H29N3O5. The molecule has 34 heavy (non-hydrogen) atoms. The van der Waals surface area contributed by atoms with Gasteiger partial charge in [0.05, 0.1) is 18.9 Å². The Kier molecular flexibility index (Phi) is 5.77. The lowest BCUT2D eigenvalue weighted by molar-refractivity contribution is -0.138. The highest BCUT2D eigenvalue weighted by molar-refractivity contribution is 6.07. The molecular weight excluding hydrogens is 434 g/mol. The van der Waals surface area contributed by atoms with E-state index < -0.39 is 5.60 Å². The normalized spacial score (nSPS) is 19.2. The number of carbonyl (C=O) groups excluding carboxylic acids is 3. The average molecular weight is 464 g/mol. The predicted octanol–water partition coefficient (Wildman–Crippen LogP) is 2.25. The van der Waals surface area contributed by atoms with Crippen LogP contribution in [0.25, 0.3) is 0 Å². The van der Waals surface area contributed by atoms with Crippen molar-refractivity contribution in [2.75, 3.05) is 44.3 Å². The minimum atomic E-state index is -1.11. The van der Waals surface area contributed by atoms with Gasteiger partial charge in [0.25, 0.3) is 11.8 Å².